The summed E-state index contributed by atoms with van der Waals surface area (Å²) in [5.74, 6) is -1.84. The molecule has 0 bridgehead atoms. The van der Waals surface area contributed by atoms with Crippen LogP contribution in [0.2, 0.25) is 0 Å². The number of ketones is 1. The molecular weight excluding hydrogens is 351 g/mol. The molecule has 27 heavy (non-hydrogen) atoms. The summed E-state index contributed by atoms with van der Waals surface area (Å²) >= 11 is 0. The molecule has 1 aliphatic heterocycles. The van der Waals surface area contributed by atoms with E-state index in [4.69, 9.17) is 0 Å². The minimum Gasteiger partial charge on any atom is -0.350 e. The zero-order valence-electron chi connectivity index (χ0n) is 14.4. The Bertz CT molecular complexity index is 892. The lowest BCUT2D eigenvalue weighted by Gasteiger charge is -2.14. The highest BCUT2D eigenvalue weighted by Gasteiger charge is 2.28. The SMILES string of the molecule is O=C(NCCN1C(=O)CCC1=O)c1ccccc1C(=O)c1ccc(F)cc1. The van der Waals surface area contributed by atoms with Crippen molar-refractivity contribution >= 4 is 23.5 Å². The van der Waals surface area contributed by atoms with Gasteiger partial charge in [-0.1, -0.05) is 18.2 Å². The number of nitrogens with zero attached hydrogens (tertiary/aromatic N) is 1. The largest absolute Gasteiger partial charge is 0.350 e. The van der Waals surface area contributed by atoms with Crippen molar-refractivity contribution in [2.45, 2.75) is 12.8 Å². The number of nitrogens with one attached hydrogen (secondary N) is 1. The van der Waals surface area contributed by atoms with Crippen molar-refractivity contribution in [2.75, 3.05) is 13.1 Å². The predicted molar refractivity (Wildman–Crippen MR) is 94.6 cm³/mol. The number of benzene rings is 2. The van der Waals surface area contributed by atoms with E-state index in [1.54, 1.807) is 12.1 Å². The van der Waals surface area contributed by atoms with Gasteiger partial charge in [0.25, 0.3) is 5.91 Å². The maximum Gasteiger partial charge on any atom is 0.252 e. The fourth-order valence-electron chi connectivity index (χ4n) is 2.88. The van der Waals surface area contributed by atoms with Gasteiger partial charge in [-0.25, -0.2) is 4.39 Å². The van der Waals surface area contributed by atoms with E-state index in [1.807, 2.05) is 0 Å². The number of amides is 3. The Morgan fingerprint density at radius 1 is 0.926 bits per heavy atom. The Morgan fingerprint density at radius 2 is 1.52 bits per heavy atom. The van der Waals surface area contributed by atoms with Crippen LogP contribution in [0, 0.1) is 5.82 Å². The van der Waals surface area contributed by atoms with Crippen molar-refractivity contribution in [1.29, 1.82) is 0 Å². The van der Waals surface area contributed by atoms with Crippen LogP contribution in [0.4, 0.5) is 4.39 Å². The number of carbonyl (C=O) groups is 4. The monoisotopic (exact) mass is 368 g/mol. The van der Waals surface area contributed by atoms with Crippen LogP contribution in [0.25, 0.3) is 0 Å². The van der Waals surface area contributed by atoms with Gasteiger partial charge < -0.3 is 5.32 Å². The zero-order valence-corrected chi connectivity index (χ0v) is 14.4. The van der Waals surface area contributed by atoms with E-state index in [1.165, 1.54) is 36.4 Å². The standard InChI is InChI=1S/C20H17FN2O4/c21-14-7-5-13(6-8-14)19(26)15-3-1-2-4-16(15)20(27)22-11-12-23-17(24)9-10-18(23)25/h1-8H,9-12H2,(H,22,27). The highest BCUT2D eigenvalue weighted by molar-refractivity contribution is 6.15. The summed E-state index contributed by atoms with van der Waals surface area (Å²) in [7, 11) is 0. The topological polar surface area (TPSA) is 83.6 Å². The van der Waals surface area contributed by atoms with Crippen molar-refractivity contribution in [2.24, 2.45) is 0 Å². The minimum atomic E-state index is -0.486. The minimum absolute atomic E-state index is 0.0926. The molecule has 1 aliphatic rings. The highest BCUT2D eigenvalue weighted by Crippen LogP contribution is 2.16. The van der Waals surface area contributed by atoms with Crippen molar-refractivity contribution in [3.05, 3.63) is 71.0 Å². The molecule has 2 aromatic rings. The lowest BCUT2D eigenvalue weighted by atomic mass is 9.98. The number of rotatable bonds is 6. The molecule has 1 heterocycles. The van der Waals surface area contributed by atoms with Crippen LogP contribution in [0.3, 0.4) is 0 Å². The Labute approximate surface area is 155 Å². The molecule has 3 amide bonds. The first-order chi connectivity index (χ1) is 13.0. The Balaban J connectivity index is 1.70. The van der Waals surface area contributed by atoms with Gasteiger partial charge in [-0.15, -0.1) is 0 Å². The van der Waals surface area contributed by atoms with Gasteiger partial charge in [-0.3, -0.25) is 24.1 Å². The second-order valence-corrected chi connectivity index (χ2v) is 6.08. The molecule has 0 unspecified atom stereocenters. The molecule has 138 valence electrons. The summed E-state index contributed by atoms with van der Waals surface area (Å²) < 4.78 is 13.1. The third-order valence-corrected chi connectivity index (χ3v) is 4.30. The van der Waals surface area contributed by atoms with Crippen LogP contribution in [-0.2, 0) is 9.59 Å². The molecular formula is C20H17FN2O4. The molecule has 0 radical (unpaired) electrons. The summed E-state index contributed by atoms with van der Waals surface area (Å²) in [6.45, 7) is 0.187. The van der Waals surface area contributed by atoms with Crippen LogP contribution < -0.4 is 5.32 Å². The average Bonchev–Trinajstić information content (AvgIpc) is 3.00. The smallest absolute Gasteiger partial charge is 0.252 e. The second kappa shape index (κ2) is 7.90. The van der Waals surface area contributed by atoms with Gasteiger partial charge in [0, 0.05) is 37.1 Å². The van der Waals surface area contributed by atoms with Crippen molar-refractivity contribution in [3.63, 3.8) is 0 Å². The van der Waals surface area contributed by atoms with Gasteiger partial charge in [0.2, 0.25) is 11.8 Å². The quantitative estimate of drug-likeness (QED) is 0.624. The normalized spacial score (nSPS) is 13.7. The highest BCUT2D eigenvalue weighted by atomic mass is 19.1. The molecule has 6 nitrogen and oxygen atoms in total. The first-order valence-electron chi connectivity index (χ1n) is 8.48. The van der Waals surface area contributed by atoms with Gasteiger partial charge in [-0.05, 0) is 30.3 Å². The van der Waals surface area contributed by atoms with Crippen LogP contribution in [0.5, 0.6) is 0 Å². The van der Waals surface area contributed by atoms with Crippen molar-refractivity contribution in [3.8, 4) is 0 Å². The van der Waals surface area contributed by atoms with E-state index in [0.717, 1.165) is 4.90 Å². The predicted octanol–water partition coefficient (Wildman–Crippen LogP) is 1.94. The molecule has 0 atom stereocenters. The van der Waals surface area contributed by atoms with Crippen molar-refractivity contribution in [1.82, 2.24) is 10.2 Å². The third-order valence-electron chi connectivity index (χ3n) is 4.30. The Hall–Kier alpha value is -3.35. The molecule has 1 N–H and O–H groups in total. The van der Waals surface area contributed by atoms with E-state index in [9.17, 15) is 23.6 Å². The van der Waals surface area contributed by atoms with E-state index >= 15 is 0 Å². The first-order valence-corrected chi connectivity index (χ1v) is 8.48. The van der Waals surface area contributed by atoms with Gasteiger partial charge in [0.05, 0.1) is 5.56 Å². The third kappa shape index (κ3) is 4.08. The van der Waals surface area contributed by atoms with E-state index in [-0.39, 0.29) is 54.4 Å². The molecule has 7 heteroatoms. The summed E-state index contributed by atoms with van der Waals surface area (Å²) in [4.78, 5) is 49.4. The average molecular weight is 368 g/mol. The number of hydrogen-bond donors (Lipinski definition) is 1. The Kier molecular flexibility index (Phi) is 5.40. The van der Waals surface area contributed by atoms with Gasteiger partial charge in [0.1, 0.15) is 5.82 Å². The fraction of sp³-hybridized carbons (Fsp3) is 0.200. The molecule has 2 aromatic carbocycles. The number of imide groups is 1. The molecule has 0 aliphatic carbocycles. The summed E-state index contributed by atoms with van der Waals surface area (Å²) in [5.41, 5.74) is 0.630. The maximum atomic E-state index is 13.1. The van der Waals surface area contributed by atoms with Crippen LogP contribution in [0.15, 0.2) is 48.5 Å². The van der Waals surface area contributed by atoms with Crippen LogP contribution in [-0.4, -0.2) is 41.5 Å². The van der Waals surface area contributed by atoms with E-state index < -0.39 is 17.5 Å². The number of halogens is 1. The van der Waals surface area contributed by atoms with E-state index in [0.29, 0.717) is 0 Å². The molecule has 1 fully saturated rings. The second-order valence-electron chi connectivity index (χ2n) is 6.08. The van der Waals surface area contributed by atoms with Crippen molar-refractivity contribution < 1.29 is 23.6 Å². The molecule has 0 aromatic heterocycles. The molecule has 0 spiro atoms. The molecule has 3 rings (SSSR count). The fourth-order valence-corrected chi connectivity index (χ4v) is 2.88. The number of hydrogen-bond acceptors (Lipinski definition) is 4. The van der Waals surface area contributed by atoms with Gasteiger partial charge >= 0.3 is 0 Å². The van der Waals surface area contributed by atoms with Crippen LogP contribution in [0.1, 0.15) is 39.1 Å². The lowest BCUT2D eigenvalue weighted by Crippen LogP contribution is -2.38. The van der Waals surface area contributed by atoms with Gasteiger partial charge in [0.15, 0.2) is 5.78 Å². The molecule has 0 saturated carbocycles. The lowest BCUT2D eigenvalue weighted by molar-refractivity contribution is -0.138. The Morgan fingerprint density at radius 3 is 2.15 bits per heavy atom. The summed E-state index contributed by atoms with van der Waals surface area (Å²) in [6, 6.07) is 11.4. The maximum absolute atomic E-state index is 13.1. The van der Waals surface area contributed by atoms with E-state index in [2.05, 4.69) is 5.32 Å². The first kappa shape index (κ1) is 18.4. The number of carbonyl (C=O) groups excluding carboxylic acids is 4. The summed E-state index contributed by atoms with van der Waals surface area (Å²) in [5, 5.41) is 2.63. The van der Waals surface area contributed by atoms with Gasteiger partial charge in [-0.2, -0.15) is 0 Å². The zero-order chi connectivity index (χ0) is 19.4. The molecule has 1 saturated heterocycles. The van der Waals surface area contributed by atoms with Crippen LogP contribution >= 0.6 is 0 Å². The summed E-state index contributed by atoms with van der Waals surface area (Å²) in [6.07, 6.45) is 0.392. The number of likely N-dealkylation sites (tertiary alicyclic amines) is 1.